The molecule has 0 fully saturated rings. The zero-order chi connectivity index (χ0) is 41.5. The molecule has 0 rings (SSSR count). The van der Waals surface area contributed by atoms with Gasteiger partial charge in [-0.3, -0.25) is 14.4 Å². The molecule has 0 aliphatic carbocycles. The van der Waals surface area contributed by atoms with Gasteiger partial charge in [-0.25, -0.2) is 0 Å². The van der Waals surface area contributed by atoms with Crippen molar-refractivity contribution in [2.45, 2.75) is 219 Å². The Bertz CT molecular complexity index is 1100. The van der Waals surface area contributed by atoms with Gasteiger partial charge in [-0.15, -0.1) is 0 Å². The maximum atomic E-state index is 12.7. The summed E-state index contributed by atoms with van der Waals surface area (Å²) in [6.45, 7) is 6.39. The second-order valence-corrected chi connectivity index (χ2v) is 15.3. The molecule has 0 saturated carbocycles. The van der Waals surface area contributed by atoms with E-state index in [9.17, 15) is 14.4 Å². The first-order chi connectivity index (χ1) is 28.0. The van der Waals surface area contributed by atoms with Gasteiger partial charge in [-0.05, 0) is 96.3 Å². The summed E-state index contributed by atoms with van der Waals surface area (Å²) in [6.07, 6.45) is 56.0. The van der Waals surface area contributed by atoms with Crippen molar-refractivity contribution in [3.8, 4) is 0 Å². The van der Waals surface area contributed by atoms with Crippen molar-refractivity contribution < 1.29 is 28.6 Å². The third-order valence-corrected chi connectivity index (χ3v) is 9.66. The minimum Gasteiger partial charge on any atom is -0.462 e. The minimum atomic E-state index is -0.790. The van der Waals surface area contributed by atoms with Gasteiger partial charge in [0, 0.05) is 19.3 Å². The molecule has 1 unspecified atom stereocenters. The van der Waals surface area contributed by atoms with Gasteiger partial charge in [0.05, 0.1) is 0 Å². The Morgan fingerprint density at radius 2 is 0.684 bits per heavy atom. The zero-order valence-corrected chi connectivity index (χ0v) is 37.1. The molecular formula is C51H86O6. The molecule has 0 aromatic heterocycles. The molecule has 0 bridgehead atoms. The predicted molar refractivity (Wildman–Crippen MR) is 242 cm³/mol. The maximum absolute atomic E-state index is 12.7. The molecule has 0 radical (unpaired) electrons. The third kappa shape index (κ3) is 43.8. The highest BCUT2D eigenvalue weighted by Crippen LogP contribution is 2.13. The first-order valence-electron chi connectivity index (χ1n) is 23.4. The molecule has 6 heteroatoms. The summed E-state index contributed by atoms with van der Waals surface area (Å²) in [7, 11) is 0. The first-order valence-corrected chi connectivity index (χ1v) is 23.4. The molecule has 1 atom stereocenters. The van der Waals surface area contributed by atoms with Crippen molar-refractivity contribution in [2.75, 3.05) is 13.2 Å². The number of esters is 3. The normalized spacial score (nSPS) is 12.7. The molecule has 6 nitrogen and oxygen atoms in total. The highest BCUT2D eigenvalue weighted by Gasteiger charge is 2.19. The van der Waals surface area contributed by atoms with Gasteiger partial charge < -0.3 is 14.2 Å². The lowest BCUT2D eigenvalue weighted by molar-refractivity contribution is -0.167. The summed E-state index contributed by atoms with van der Waals surface area (Å²) in [5.41, 5.74) is 0. The second kappa shape index (κ2) is 45.6. The molecule has 0 aromatic carbocycles. The number of ether oxygens (including phenoxy) is 3. The first kappa shape index (κ1) is 53.9. The molecule has 0 aliphatic heterocycles. The lowest BCUT2D eigenvalue weighted by Gasteiger charge is -2.18. The van der Waals surface area contributed by atoms with Crippen LogP contribution in [0, 0.1) is 0 Å². The molecule has 0 aliphatic rings. The summed E-state index contributed by atoms with van der Waals surface area (Å²) < 4.78 is 16.7. The average molecular weight is 795 g/mol. The number of unbranched alkanes of at least 4 members (excludes halogenated alkanes) is 18. The van der Waals surface area contributed by atoms with Crippen LogP contribution >= 0.6 is 0 Å². The fourth-order valence-electron chi connectivity index (χ4n) is 6.10. The monoisotopic (exact) mass is 795 g/mol. The van der Waals surface area contributed by atoms with Gasteiger partial charge in [0.2, 0.25) is 0 Å². The summed E-state index contributed by atoms with van der Waals surface area (Å²) >= 11 is 0. The lowest BCUT2D eigenvalue weighted by Crippen LogP contribution is -2.30. The fraction of sp³-hybridized carbons (Fsp3) is 0.706. The molecule has 0 aromatic rings. The average Bonchev–Trinajstić information content (AvgIpc) is 3.21. The van der Waals surface area contributed by atoms with E-state index in [1.165, 1.54) is 57.8 Å². The van der Waals surface area contributed by atoms with Crippen molar-refractivity contribution in [1.29, 1.82) is 0 Å². The molecular weight excluding hydrogens is 709 g/mol. The quantitative estimate of drug-likeness (QED) is 0.0265. The Balaban J connectivity index is 4.42. The van der Waals surface area contributed by atoms with E-state index in [1.807, 2.05) is 0 Å². The topological polar surface area (TPSA) is 78.9 Å². The van der Waals surface area contributed by atoms with Crippen LogP contribution in [0.15, 0.2) is 72.9 Å². The fourth-order valence-corrected chi connectivity index (χ4v) is 6.10. The van der Waals surface area contributed by atoms with Crippen LogP contribution in [-0.2, 0) is 28.6 Å². The molecule has 326 valence electrons. The van der Waals surface area contributed by atoms with E-state index in [0.29, 0.717) is 19.3 Å². The summed E-state index contributed by atoms with van der Waals surface area (Å²) in [4.78, 5) is 37.8. The van der Waals surface area contributed by atoms with E-state index < -0.39 is 6.10 Å². The van der Waals surface area contributed by atoms with E-state index >= 15 is 0 Å². The lowest BCUT2D eigenvalue weighted by atomic mass is 10.1. The van der Waals surface area contributed by atoms with Gasteiger partial charge >= 0.3 is 17.9 Å². The SMILES string of the molecule is CC/C=C\C/C=C\C/C=C\C/C=C\CCCCCCC(=O)OCC(COC(=O)CCCCCCC/C=C\CCCC)OC(=O)CCCCCCC/C=C\CCCC. The van der Waals surface area contributed by atoms with E-state index in [1.54, 1.807) is 0 Å². The van der Waals surface area contributed by atoms with Crippen LogP contribution in [0.4, 0.5) is 0 Å². The van der Waals surface area contributed by atoms with Crippen molar-refractivity contribution >= 4 is 17.9 Å². The van der Waals surface area contributed by atoms with Crippen LogP contribution in [0.2, 0.25) is 0 Å². The smallest absolute Gasteiger partial charge is 0.306 e. The number of rotatable bonds is 41. The predicted octanol–water partition coefficient (Wildman–Crippen LogP) is 15.1. The Morgan fingerprint density at radius 3 is 1.09 bits per heavy atom. The largest absolute Gasteiger partial charge is 0.462 e. The Kier molecular flexibility index (Phi) is 43.0. The molecule has 0 amide bonds. The molecule has 0 heterocycles. The van der Waals surface area contributed by atoms with E-state index in [-0.39, 0.29) is 31.1 Å². The van der Waals surface area contributed by atoms with Gasteiger partial charge in [-0.1, -0.05) is 171 Å². The van der Waals surface area contributed by atoms with Crippen LogP contribution in [0.5, 0.6) is 0 Å². The van der Waals surface area contributed by atoms with Crippen LogP contribution in [0.1, 0.15) is 213 Å². The number of carbonyl (C=O) groups excluding carboxylic acids is 3. The third-order valence-electron chi connectivity index (χ3n) is 9.66. The summed E-state index contributed by atoms with van der Waals surface area (Å²) in [6, 6.07) is 0. The summed E-state index contributed by atoms with van der Waals surface area (Å²) in [5.74, 6) is -0.941. The second-order valence-electron chi connectivity index (χ2n) is 15.3. The van der Waals surface area contributed by atoms with Crippen LogP contribution in [-0.4, -0.2) is 37.2 Å². The minimum absolute atomic E-state index is 0.0920. The number of allylic oxidation sites excluding steroid dienone is 12. The molecule has 57 heavy (non-hydrogen) atoms. The standard InChI is InChI=1S/C51H86O6/c1-4-7-10-13-16-19-22-23-24-25-26-27-30-32-35-38-41-44-50(53)56-47-48(57-51(54)45-42-39-36-33-29-21-18-15-12-9-6-3)46-55-49(52)43-40-37-34-31-28-20-17-14-11-8-5-2/h7,10,14-19,23-24,26-27,48H,4-6,8-9,11-13,20-22,25,28-47H2,1-3H3/b10-7-,17-14-,18-15-,19-16-,24-23-,27-26-. The number of hydrogen-bond acceptors (Lipinski definition) is 6. The van der Waals surface area contributed by atoms with Crippen LogP contribution in [0.3, 0.4) is 0 Å². The van der Waals surface area contributed by atoms with E-state index in [4.69, 9.17) is 14.2 Å². The Morgan fingerprint density at radius 1 is 0.368 bits per heavy atom. The highest BCUT2D eigenvalue weighted by atomic mass is 16.6. The van der Waals surface area contributed by atoms with Gasteiger partial charge in [0.25, 0.3) is 0 Å². The van der Waals surface area contributed by atoms with E-state index in [0.717, 1.165) is 116 Å². The Hall–Kier alpha value is -3.15. The van der Waals surface area contributed by atoms with Crippen molar-refractivity contribution in [1.82, 2.24) is 0 Å². The van der Waals surface area contributed by atoms with Crippen LogP contribution < -0.4 is 0 Å². The van der Waals surface area contributed by atoms with Crippen LogP contribution in [0.25, 0.3) is 0 Å². The van der Waals surface area contributed by atoms with Crippen molar-refractivity contribution in [3.05, 3.63) is 72.9 Å². The molecule has 0 N–H and O–H groups in total. The summed E-state index contributed by atoms with van der Waals surface area (Å²) in [5, 5.41) is 0. The van der Waals surface area contributed by atoms with Crippen molar-refractivity contribution in [3.63, 3.8) is 0 Å². The van der Waals surface area contributed by atoms with Gasteiger partial charge in [-0.2, -0.15) is 0 Å². The van der Waals surface area contributed by atoms with Gasteiger partial charge in [0.15, 0.2) is 6.10 Å². The van der Waals surface area contributed by atoms with Crippen molar-refractivity contribution in [2.24, 2.45) is 0 Å². The maximum Gasteiger partial charge on any atom is 0.306 e. The Labute approximate surface area is 351 Å². The van der Waals surface area contributed by atoms with Gasteiger partial charge in [0.1, 0.15) is 13.2 Å². The molecule has 0 saturated heterocycles. The van der Waals surface area contributed by atoms with E-state index in [2.05, 4.69) is 93.7 Å². The number of hydrogen-bond donors (Lipinski definition) is 0. The molecule has 0 spiro atoms. The highest BCUT2D eigenvalue weighted by molar-refractivity contribution is 5.71. The number of carbonyl (C=O) groups is 3. The zero-order valence-electron chi connectivity index (χ0n) is 37.1.